The molecule has 80 valence electrons. The molecule has 2 heterocycles. The van der Waals surface area contributed by atoms with Gasteiger partial charge in [-0.15, -0.1) is 0 Å². The van der Waals surface area contributed by atoms with Gasteiger partial charge < -0.3 is 10.0 Å². The van der Waals surface area contributed by atoms with Crippen LogP contribution in [0.1, 0.15) is 0 Å². The molecule has 0 aliphatic rings. The van der Waals surface area contributed by atoms with Crippen LogP contribution >= 0.6 is 0 Å². The second-order valence-electron chi connectivity index (χ2n) is 3.19. The third-order valence-corrected chi connectivity index (χ3v) is 2.11. The molecule has 0 bridgehead atoms. The summed E-state index contributed by atoms with van der Waals surface area (Å²) >= 11 is 0. The first-order chi connectivity index (χ1) is 7.68. The Labute approximate surface area is 91.6 Å². The highest BCUT2D eigenvalue weighted by atomic mass is 19.1. The Bertz CT molecular complexity index is 493. The van der Waals surface area contributed by atoms with Crippen LogP contribution in [0.25, 0.3) is 11.3 Å². The van der Waals surface area contributed by atoms with Crippen LogP contribution in [0.4, 0.5) is 4.39 Å². The summed E-state index contributed by atoms with van der Waals surface area (Å²) in [7, 11) is -1.85. The number of pyridine rings is 2. The molecule has 0 atom stereocenters. The number of hydrogen-bond donors (Lipinski definition) is 2. The summed E-state index contributed by atoms with van der Waals surface area (Å²) in [5.41, 5.74) is 0.822. The van der Waals surface area contributed by atoms with Gasteiger partial charge in [0, 0.05) is 23.4 Å². The lowest BCUT2D eigenvalue weighted by molar-refractivity contribution is 0.422. The third-order valence-electron chi connectivity index (χ3n) is 2.11. The molecule has 0 spiro atoms. The van der Waals surface area contributed by atoms with E-state index in [4.69, 9.17) is 10.0 Å². The molecule has 0 aliphatic carbocycles. The predicted molar refractivity (Wildman–Crippen MR) is 57.3 cm³/mol. The quantitative estimate of drug-likeness (QED) is 0.548. The number of rotatable bonds is 2. The van der Waals surface area contributed by atoms with Gasteiger partial charge in [-0.1, -0.05) is 6.07 Å². The van der Waals surface area contributed by atoms with Crippen molar-refractivity contribution in [2.45, 2.75) is 0 Å². The van der Waals surface area contributed by atoms with Gasteiger partial charge in [0.05, 0.1) is 5.69 Å². The highest BCUT2D eigenvalue weighted by Gasteiger charge is 2.17. The maximum atomic E-state index is 13.3. The van der Waals surface area contributed by atoms with Crippen LogP contribution in [-0.2, 0) is 0 Å². The Balaban J connectivity index is 2.43. The minimum absolute atomic E-state index is 0.243. The van der Waals surface area contributed by atoms with E-state index in [-0.39, 0.29) is 5.46 Å². The molecule has 2 aromatic heterocycles. The molecule has 0 aromatic carbocycles. The summed E-state index contributed by atoms with van der Waals surface area (Å²) in [4.78, 5) is 7.53. The van der Waals surface area contributed by atoms with E-state index in [2.05, 4.69) is 9.97 Å². The van der Waals surface area contributed by atoms with Crippen LogP contribution in [-0.4, -0.2) is 27.1 Å². The standard InChI is InChI=1S/C10H8BFN2O2/c12-10-8(11(15)16)3-4-9(14-10)7-2-1-5-13-6-7/h1-6,15-16H. The zero-order valence-corrected chi connectivity index (χ0v) is 8.21. The maximum Gasteiger partial charge on any atom is 0.493 e. The molecule has 16 heavy (non-hydrogen) atoms. The highest BCUT2D eigenvalue weighted by Crippen LogP contribution is 2.14. The van der Waals surface area contributed by atoms with E-state index >= 15 is 0 Å². The molecule has 0 unspecified atom stereocenters. The van der Waals surface area contributed by atoms with Crippen molar-refractivity contribution in [2.75, 3.05) is 0 Å². The average molecular weight is 218 g/mol. The fraction of sp³-hybridized carbons (Fsp3) is 0. The van der Waals surface area contributed by atoms with Crippen molar-refractivity contribution in [3.05, 3.63) is 42.6 Å². The van der Waals surface area contributed by atoms with E-state index in [1.54, 1.807) is 24.5 Å². The van der Waals surface area contributed by atoms with E-state index in [1.807, 2.05) is 0 Å². The zero-order valence-electron chi connectivity index (χ0n) is 8.21. The summed E-state index contributed by atoms with van der Waals surface area (Å²) in [5.74, 6) is -0.892. The Morgan fingerprint density at radius 2 is 2.00 bits per heavy atom. The first-order valence-electron chi connectivity index (χ1n) is 4.61. The van der Waals surface area contributed by atoms with Crippen LogP contribution in [0.15, 0.2) is 36.7 Å². The molecular formula is C10H8BFN2O2. The first-order valence-corrected chi connectivity index (χ1v) is 4.61. The van der Waals surface area contributed by atoms with Crippen LogP contribution in [0.2, 0.25) is 0 Å². The van der Waals surface area contributed by atoms with Gasteiger partial charge in [-0.2, -0.15) is 4.39 Å². The minimum atomic E-state index is -1.85. The van der Waals surface area contributed by atoms with Gasteiger partial charge in [0.1, 0.15) is 0 Å². The fourth-order valence-electron chi connectivity index (χ4n) is 1.31. The lowest BCUT2D eigenvalue weighted by Crippen LogP contribution is -2.33. The smallest absolute Gasteiger partial charge is 0.423 e. The predicted octanol–water partition coefficient (Wildman–Crippen LogP) is -0.0375. The van der Waals surface area contributed by atoms with E-state index in [0.29, 0.717) is 11.3 Å². The van der Waals surface area contributed by atoms with Crippen LogP contribution in [0, 0.1) is 5.95 Å². The van der Waals surface area contributed by atoms with Gasteiger partial charge >= 0.3 is 7.12 Å². The molecule has 0 amide bonds. The fourth-order valence-corrected chi connectivity index (χ4v) is 1.31. The number of hydrogen-bond acceptors (Lipinski definition) is 4. The molecule has 0 aliphatic heterocycles. The third kappa shape index (κ3) is 2.07. The number of halogens is 1. The normalized spacial score (nSPS) is 10.2. The van der Waals surface area contributed by atoms with Crippen LogP contribution in [0.5, 0.6) is 0 Å². The monoisotopic (exact) mass is 218 g/mol. The number of nitrogens with zero attached hydrogens (tertiary/aromatic N) is 2. The summed E-state index contributed by atoms with van der Waals surface area (Å²) in [6.07, 6.45) is 3.16. The number of aromatic nitrogens is 2. The van der Waals surface area contributed by atoms with Crippen LogP contribution in [0.3, 0.4) is 0 Å². The lowest BCUT2D eigenvalue weighted by Gasteiger charge is -2.03. The Morgan fingerprint density at radius 1 is 1.19 bits per heavy atom. The van der Waals surface area contributed by atoms with Crippen molar-refractivity contribution < 1.29 is 14.4 Å². The van der Waals surface area contributed by atoms with Crippen molar-refractivity contribution >= 4 is 12.6 Å². The van der Waals surface area contributed by atoms with E-state index in [9.17, 15) is 4.39 Å². The van der Waals surface area contributed by atoms with Gasteiger partial charge in [-0.3, -0.25) is 4.98 Å². The lowest BCUT2D eigenvalue weighted by atomic mass is 9.81. The molecule has 6 heteroatoms. The molecule has 2 N–H and O–H groups in total. The molecule has 0 saturated heterocycles. The van der Waals surface area contributed by atoms with Gasteiger partial charge in [-0.05, 0) is 18.2 Å². The molecule has 2 rings (SSSR count). The van der Waals surface area contributed by atoms with E-state index in [1.165, 1.54) is 12.1 Å². The van der Waals surface area contributed by atoms with Crippen molar-refractivity contribution in [1.29, 1.82) is 0 Å². The maximum absolute atomic E-state index is 13.3. The van der Waals surface area contributed by atoms with Crippen molar-refractivity contribution in [2.24, 2.45) is 0 Å². The first kappa shape index (κ1) is 10.7. The topological polar surface area (TPSA) is 66.2 Å². The summed E-state index contributed by atoms with van der Waals surface area (Å²) in [6.45, 7) is 0. The molecule has 2 aromatic rings. The summed E-state index contributed by atoms with van der Waals surface area (Å²) < 4.78 is 13.3. The second-order valence-corrected chi connectivity index (χ2v) is 3.19. The Kier molecular flexibility index (Phi) is 2.94. The van der Waals surface area contributed by atoms with Gasteiger partial charge in [0.2, 0.25) is 5.95 Å². The van der Waals surface area contributed by atoms with E-state index < -0.39 is 13.1 Å². The highest BCUT2D eigenvalue weighted by molar-refractivity contribution is 6.58. The molecule has 0 saturated carbocycles. The van der Waals surface area contributed by atoms with Gasteiger partial charge in [0.25, 0.3) is 0 Å². The Morgan fingerprint density at radius 3 is 2.56 bits per heavy atom. The van der Waals surface area contributed by atoms with Crippen molar-refractivity contribution in [3.8, 4) is 11.3 Å². The van der Waals surface area contributed by atoms with Gasteiger partial charge in [-0.25, -0.2) is 4.98 Å². The van der Waals surface area contributed by atoms with Crippen molar-refractivity contribution in [1.82, 2.24) is 9.97 Å². The van der Waals surface area contributed by atoms with Crippen LogP contribution < -0.4 is 5.46 Å². The van der Waals surface area contributed by atoms with Gasteiger partial charge in [0.15, 0.2) is 0 Å². The average Bonchev–Trinajstić information content (AvgIpc) is 2.29. The SMILES string of the molecule is OB(O)c1ccc(-c2cccnc2)nc1F. The largest absolute Gasteiger partial charge is 0.493 e. The minimum Gasteiger partial charge on any atom is -0.423 e. The molecular weight excluding hydrogens is 210 g/mol. The van der Waals surface area contributed by atoms with E-state index in [0.717, 1.165) is 0 Å². The second kappa shape index (κ2) is 4.38. The molecule has 0 fully saturated rings. The summed E-state index contributed by atoms with van der Waals surface area (Å²) in [6, 6.07) is 6.25. The zero-order chi connectivity index (χ0) is 11.5. The summed E-state index contributed by atoms with van der Waals surface area (Å²) in [5, 5.41) is 17.7. The van der Waals surface area contributed by atoms with Crippen molar-refractivity contribution in [3.63, 3.8) is 0 Å². The molecule has 4 nitrogen and oxygen atoms in total. The molecule has 0 radical (unpaired) electrons. The Hall–Kier alpha value is -1.79.